The predicted octanol–water partition coefficient (Wildman–Crippen LogP) is 2.53. The summed E-state index contributed by atoms with van der Waals surface area (Å²) in [6.07, 6.45) is 2.11. The van der Waals surface area contributed by atoms with Crippen molar-refractivity contribution in [2.75, 3.05) is 0 Å². The number of hydrogen-bond donors (Lipinski definition) is 1. The number of benzene rings is 1. The van der Waals surface area contributed by atoms with E-state index < -0.39 is 0 Å². The maximum Gasteiger partial charge on any atom is 0.123 e. The minimum Gasteiger partial charge on any atom is -0.393 e. The number of aryl methyl sites for hydroxylation is 1. The Labute approximate surface area is 78.2 Å². The lowest BCUT2D eigenvalue weighted by atomic mass is 10.1. The molecule has 1 rings (SSSR count). The highest BCUT2D eigenvalue weighted by Crippen LogP contribution is 2.08. The van der Waals surface area contributed by atoms with Gasteiger partial charge in [0.2, 0.25) is 0 Å². The van der Waals surface area contributed by atoms with Gasteiger partial charge >= 0.3 is 0 Å². The molecule has 0 aliphatic heterocycles. The number of hydrogen-bond acceptors (Lipinski definition) is 1. The summed E-state index contributed by atoms with van der Waals surface area (Å²) >= 11 is 0. The van der Waals surface area contributed by atoms with Crippen molar-refractivity contribution >= 4 is 0 Å². The van der Waals surface area contributed by atoms with E-state index in [9.17, 15) is 9.50 Å². The van der Waals surface area contributed by atoms with Gasteiger partial charge in [-0.3, -0.25) is 0 Å². The van der Waals surface area contributed by atoms with Crippen LogP contribution in [0.2, 0.25) is 0 Å². The number of rotatable bonds is 4. The second kappa shape index (κ2) is 4.97. The second-order valence-corrected chi connectivity index (χ2v) is 3.23. The van der Waals surface area contributed by atoms with Crippen molar-refractivity contribution in [1.29, 1.82) is 0 Å². The van der Waals surface area contributed by atoms with E-state index in [-0.39, 0.29) is 11.9 Å². The molecule has 0 spiro atoms. The van der Waals surface area contributed by atoms with Gasteiger partial charge in [0.05, 0.1) is 6.10 Å². The Hall–Kier alpha value is -0.890. The number of aliphatic hydroxyl groups excluding tert-OH is 1. The monoisotopic (exact) mass is 182 g/mol. The molecule has 2 heteroatoms. The van der Waals surface area contributed by atoms with E-state index in [0.29, 0.717) is 0 Å². The molecule has 0 radical (unpaired) electrons. The molecule has 0 bridgehead atoms. The van der Waals surface area contributed by atoms with Gasteiger partial charge in [-0.2, -0.15) is 0 Å². The molecule has 0 fully saturated rings. The van der Waals surface area contributed by atoms with Crippen molar-refractivity contribution < 1.29 is 9.50 Å². The lowest BCUT2D eigenvalue weighted by Crippen LogP contribution is -2.05. The molecule has 1 N–H and O–H groups in total. The summed E-state index contributed by atoms with van der Waals surface area (Å²) in [7, 11) is 0. The first-order valence-electron chi connectivity index (χ1n) is 4.65. The lowest BCUT2D eigenvalue weighted by molar-refractivity contribution is 0.160. The van der Waals surface area contributed by atoms with Gasteiger partial charge in [-0.15, -0.1) is 0 Å². The Morgan fingerprint density at radius 1 is 1.31 bits per heavy atom. The Kier molecular flexibility index (Phi) is 3.90. The zero-order valence-electron chi connectivity index (χ0n) is 7.83. The molecule has 0 saturated carbocycles. The smallest absolute Gasteiger partial charge is 0.123 e. The van der Waals surface area contributed by atoms with Gasteiger partial charge in [0.15, 0.2) is 0 Å². The van der Waals surface area contributed by atoms with Gasteiger partial charge in [-0.1, -0.05) is 19.1 Å². The Morgan fingerprint density at radius 3 is 2.46 bits per heavy atom. The molecule has 0 amide bonds. The molecule has 1 aromatic rings. The molecule has 0 aromatic heterocycles. The average Bonchev–Trinajstić information content (AvgIpc) is 2.16. The van der Waals surface area contributed by atoms with Gasteiger partial charge in [0, 0.05) is 0 Å². The molecule has 0 aliphatic carbocycles. The van der Waals surface area contributed by atoms with E-state index in [2.05, 4.69) is 0 Å². The molecule has 0 heterocycles. The van der Waals surface area contributed by atoms with Crippen molar-refractivity contribution in [3.63, 3.8) is 0 Å². The molecule has 0 aliphatic rings. The van der Waals surface area contributed by atoms with Crippen LogP contribution in [-0.4, -0.2) is 11.2 Å². The maximum atomic E-state index is 12.5. The van der Waals surface area contributed by atoms with Crippen molar-refractivity contribution in [2.45, 2.75) is 32.3 Å². The van der Waals surface area contributed by atoms with Crippen LogP contribution in [0.3, 0.4) is 0 Å². The molecule has 1 atom stereocenters. The standard InChI is InChI=1S/C11H15FO/c1-2-11(13)8-5-9-3-6-10(12)7-4-9/h3-4,6-7,11,13H,2,5,8H2,1H3. The van der Waals surface area contributed by atoms with Crippen LogP contribution in [-0.2, 0) is 6.42 Å². The molecule has 0 saturated heterocycles. The summed E-state index contributed by atoms with van der Waals surface area (Å²) in [6, 6.07) is 6.43. The largest absolute Gasteiger partial charge is 0.393 e. The minimum absolute atomic E-state index is 0.209. The first-order chi connectivity index (χ1) is 6.22. The Morgan fingerprint density at radius 2 is 1.92 bits per heavy atom. The van der Waals surface area contributed by atoms with E-state index in [1.54, 1.807) is 12.1 Å². The first-order valence-corrected chi connectivity index (χ1v) is 4.65. The van der Waals surface area contributed by atoms with Gasteiger partial charge in [-0.05, 0) is 37.0 Å². The summed E-state index contributed by atoms with van der Waals surface area (Å²) in [6.45, 7) is 1.95. The van der Waals surface area contributed by atoms with Gasteiger partial charge in [0.25, 0.3) is 0 Å². The van der Waals surface area contributed by atoms with Crippen LogP contribution in [0, 0.1) is 5.82 Å². The third kappa shape index (κ3) is 3.55. The van der Waals surface area contributed by atoms with Crippen molar-refractivity contribution in [2.24, 2.45) is 0 Å². The molecule has 1 unspecified atom stereocenters. The van der Waals surface area contributed by atoms with E-state index in [4.69, 9.17) is 0 Å². The fourth-order valence-electron chi connectivity index (χ4n) is 1.19. The summed E-state index contributed by atoms with van der Waals surface area (Å²) < 4.78 is 12.5. The van der Waals surface area contributed by atoms with Crippen LogP contribution >= 0.6 is 0 Å². The van der Waals surface area contributed by atoms with Gasteiger partial charge in [-0.25, -0.2) is 4.39 Å². The number of aliphatic hydroxyl groups is 1. The third-order valence-corrected chi connectivity index (χ3v) is 2.15. The van der Waals surface area contributed by atoms with Crippen LogP contribution in [0.15, 0.2) is 24.3 Å². The molecular formula is C11H15FO. The molecular weight excluding hydrogens is 167 g/mol. The summed E-state index contributed by atoms with van der Waals surface area (Å²) in [5, 5.41) is 9.30. The van der Waals surface area contributed by atoms with Gasteiger partial charge in [0.1, 0.15) is 5.82 Å². The van der Waals surface area contributed by atoms with E-state index in [0.717, 1.165) is 24.8 Å². The molecule has 72 valence electrons. The highest BCUT2D eigenvalue weighted by atomic mass is 19.1. The van der Waals surface area contributed by atoms with Crippen LogP contribution in [0.4, 0.5) is 4.39 Å². The van der Waals surface area contributed by atoms with E-state index in [1.807, 2.05) is 6.92 Å². The fourth-order valence-corrected chi connectivity index (χ4v) is 1.19. The zero-order valence-corrected chi connectivity index (χ0v) is 7.83. The molecule has 1 nitrogen and oxygen atoms in total. The zero-order chi connectivity index (χ0) is 9.68. The Bertz CT molecular complexity index is 243. The van der Waals surface area contributed by atoms with Crippen LogP contribution in [0.25, 0.3) is 0 Å². The van der Waals surface area contributed by atoms with Crippen molar-refractivity contribution in [3.8, 4) is 0 Å². The van der Waals surface area contributed by atoms with E-state index in [1.165, 1.54) is 12.1 Å². The highest BCUT2D eigenvalue weighted by Gasteiger charge is 2.01. The lowest BCUT2D eigenvalue weighted by Gasteiger charge is -2.06. The normalized spacial score (nSPS) is 12.8. The van der Waals surface area contributed by atoms with Gasteiger partial charge < -0.3 is 5.11 Å². The van der Waals surface area contributed by atoms with Crippen molar-refractivity contribution in [1.82, 2.24) is 0 Å². The SMILES string of the molecule is CCC(O)CCc1ccc(F)cc1. The summed E-state index contributed by atoms with van der Waals surface area (Å²) in [4.78, 5) is 0. The molecule has 1 aromatic carbocycles. The second-order valence-electron chi connectivity index (χ2n) is 3.23. The quantitative estimate of drug-likeness (QED) is 0.758. The highest BCUT2D eigenvalue weighted by molar-refractivity contribution is 5.16. The van der Waals surface area contributed by atoms with E-state index >= 15 is 0 Å². The maximum absolute atomic E-state index is 12.5. The van der Waals surface area contributed by atoms with Crippen molar-refractivity contribution in [3.05, 3.63) is 35.6 Å². The van der Waals surface area contributed by atoms with Crippen LogP contribution in [0.5, 0.6) is 0 Å². The van der Waals surface area contributed by atoms with Crippen LogP contribution < -0.4 is 0 Å². The summed E-state index contributed by atoms with van der Waals surface area (Å²) in [5.74, 6) is -0.209. The fraction of sp³-hybridized carbons (Fsp3) is 0.455. The topological polar surface area (TPSA) is 20.2 Å². The molecule has 13 heavy (non-hydrogen) atoms. The van der Waals surface area contributed by atoms with Crippen LogP contribution in [0.1, 0.15) is 25.3 Å². The third-order valence-electron chi connectivity index (χ3n) is 2.15. The Balaban J connectivity index is 2.41. The minimum atomic E-state index is -0.231. The average molecular weight is 182 g/mol. The first kappa shape index (κ1) is 10.2. The summed E-state index contributed by atoms with van der Waals surface area (Å²) in [5.41, 5.74) is 1.08. The predicted molar refractivity (Wildman–Crippen MR) is 51.0 cm³/mol. The number of halogens is 1.